The number of fused-ring (bicyclic) bond motifs is 1. The maximum atomic E-state index is 5.86. The number of rotatable bonds is 6. The minimum Gasteiger partial charge on any atom is -0.489 e. The van der Waals surface area contributed by atoms with Crippen molar-refractivity contribution in [2.45, 2.75) is 32.9 Å². The monoisotopic (exact) mass is 295 g/mol. The summed E-state index contributed by atoms with van der Waals surface area (Å²) in [6, 6.07) is 14.1. The molecular weight excluding hydrogens is 274 g/mol. The lowest BCUT2D eigenvalue weighted by Gasteiger charge is -2.07. The molecule has 2 aromatic carbocycles. The van der Waals surface area contributed by atoms with Gasteiger partial charge in [0.05, 0.1) is 11.0 Å². The van der Waals surface area contributed by atoms with Crippen LogP contribution in [-0.2, 0) is 19.6 Å². The second kappa shape index (κ2) is 6.62. The van der Waals surface area contributed by atoms with Crippen molar-refractivity contribution in [1.29, 1.82) is 0 Å². The van der Waals surface area contributed by atoms with E-state index in [4.69, 9.17) is 10.5 Å². The van der Waals surface area contributed by atoms with E-state index in [9.17, 15) is 0 Å². The Morgan fingerprint density at radius 3 is 2.59 bits per heavy atom. The molecule has 0 saturated heterocycles. The van der Waals surface area contributed by atoms with Crippen molar-refractivity contribution in [3.05, 3.63) is 59.4 Å². The van der Waals surface area contributed by atoms with Gasteiger partial charge in [-0.3, -0.25) is 0 Å². The molecule has 0 bridgehead atoms. The SMILES string of the molecule is CCCc1nc2ccc(OCc3ccc(CN)cc3)cc2[nH]1. The molecule has 0 fully saturated rings. The summed E-state index contributed by atoms with van der Waals surface area (Å²) in [6.07, 6.45) is 2.06. The number of nitrogens with zero attached hydrogens (tertiary/aromatic N) is 1. The van der Waals surface area contributed by atoms with Gasteiger partial charge in [0.15, 0.2) is 0 Å². The van der Waals surface area contributed by atoms with Crippen LogP contribution in [0.3, 0.4) is 0 Å². The molecule has 0 aliphatic heterocycles. The molecule has 3 rings (SSSR count). The molecule has 0 unspecified atom stereocenters. The fourth-order valence-electron chi connectivity index (χ4n) is 2.42. The van der Waals surface area contributed by atoms with E-state index >= 15 is 0 Å². The van der Waals surface area contributed by atoms with Gasteiger partial charge in [-0.25, -0.2) is 4.98 Å². The molecule has 4 heteroatoms. The number of imidazole rings is 1. The highest BCUT2D eigenvalue weighted by atomic mass is 16.5. The summed E-state index contributed by atoms with van der Waals surface area (Å²) in [5.74, 6) is 1.88. The van der Waals surface area contributed by atoms with E-state index in [1.807, 2.05) is 30.3 Å². The van der Waals surface area contributed by atoms with Gasteiger partial charge in [-0.15, -0.1) is 0 Å². The number of nitrogens with one attached hydrogen (secondary N) is 1. The lowest BCUT2D eigenvalue weighted by Crippen LogP contribution is -1.98. The maximum Gasteiger partial charge on any atom is 0.122 e. The van der Waals surface area contributed by atoms with Gasteiger partial charge < -0.3 is 15.5 Å². The summed E-state index contributed by atoms with van der Waals surface area (Å²) in [7, 11) is 0. The van der Waals surface area contributed by atoms with Crippen LogP contribution in [0.15, 0.2) is 42.5 Å². The van der Waals surface area contributed by atoms with E-state index in [1.54, 1.807) is 0 Å². The number of H-pyrrole nitrogens is 1. The molecular formula is C18H21N3O. The van der Waals surface area contributed by atoms with E-state index in [2.05, 4.69) is 29.0 Å². The molecule has 1 heterocycles. The van der Waals surface area contributed by atoms with Gasteiger partial charge in [0.2, 0.25) is 0 Å². The molecule has 0 aliphatic carbocycles. The quantitative estimate of drug-likeness (QED) is 0.731. The fourth-order valence-corrected chi connectivity index (χ4v) is 2.42. The molecule has 0 spiro atoms. The van der Waals surface area contributed by atoms with Gasteiger partial charge >= 0.3 is 0 Å². The number of aromatic nitrogens is 2. The van der Waals surface area contributed by atoms with Gasteiger partial charge in [-0.2, -0.15) is 0 Å². The third kappa shape index (κ3) is 3.28. The average Bonchev–Trinajstić information content (AvgIpc) is 2.95. The van der Waals surface area contributed by atoms with Gasteiger partial charge in [0, 0.05) is 19.0 Å². The molecule has 22 heavy (non-hydrogen) atoms. The van der Waals surface area contributed by atoms with Crippen molar-refractivity contribution in [1.82, 2.24) is 9.97 Å². The van der Waals surface area contributed by atoms with E-state index in [-0.39, 0.29) is 0 Å². The molecule has 0 radical (unpaired) electrons. The Morgan fingerprint density at radius 1 is 1.09 bits per heavy atom. The fraction of sp³-hybridized carbons (Fsp3) is 0.278. The smallest absolute Gasteiger partial charge is 0.122 e. The first-order chi connectivity index (χ1) is 10.8. The second-order valence-corrected chi connectivity index (χ2v) is 5.42. The number of aromatic amines is 1. The highest BCUT2D eigenvalue weighted by Gasteiger charge is 2.04. The number of aryl methyl sites for hydroxylation is 1. The first-order valence-corrected chi connectivity index (χ1v) is 7.68. The van der Waals surface area contributed by atoms with Crippen LogP contribution in [0.25, 0.3) is 11.0 Å². The van der Waals surface area contributed by atoms with Gasteiger partial charge in [0.1, 0.15) is 18.2 Å². The zero-order chi connectivity index (χ0) is 15.4. The van der Waals surface area contributed by atoms with Crippen molar-refractivity contribution >= 4 is 11.0 Å². The number of nitrogens with two attached hydrogens (primary N) is 1. The minimum atomic E-state index is 0.548. The normalized spacial score (nSPS) is 11.0. The van der Waals surface area contributed by atoms with Gasteiger partial charge in [0.25, 0.3) is 0 Å². The predicted molar refractivity (Wildman–Crippen MR) is 88.8 cm³/mol. The lowest BCUT2D eigenvalue weighted by atomic mass is 10.1. The summed E-state index contributed by atoms with van der Waals surface area (Å²) >= 11 is 0. The summed E-state index contributed by atoms with van der Waals surface area (Å²) in [5, 5.41) is 0. The summed E-state index contributed by atoms with van der Waals surface area (Å²) in [6.45, 7) is 3.27. The van der Waals surface area contributed by atoms with Gasteiger partial charge in [-0.05, 0) is 29.7 Å². The number of ether oxygens (including phenoxy) is 1. The summed E-state index contributed by atoms with van der Waals surface area (Å²) in [5.41, 5.74) is 9.88. The van der Waals surface area contributed by atoms with Gasteiger partial charge in [-0.1, -0.05) is 31.2 Å². The minimum absolute atomic E-state index is 0.548. The Balaban J connectivity index is 1.70. The molecule has 0 amide bonds. The zero-order valence-corrected chi connectivity index (χ0v) is 12.8. The highest BCUT2D eigenvalue weighted by molar-refractivity contribution is 5.76. The molecule has 3 N–H and O–H groups in total. The molecule has 1 aromatic heterocycles. The van der Waals surface area contributed by atoms with Crippen LogP contribution in [0.2, 0.25) is 0 Å². The van der Waals surface area contributed by atoms with Crippen molar-refractivity contribution in [3.8, 4) is 5.75 Å². The summed E-state index contributed by atoms with van der Waals surface area (Å²) < 4.78 is 5.86. The number of hydrogen-bond acceptors (Lipinski definition) is 3. The van der Waals surface area contributed by atoms with E-state index in [0.29, 0.717) is 13.2 Å². The Bertz CT molecular complexity index is 747. The predicted octanol–water partition coefficient (Wildman–Crippen LogP) is 3.55. The maximum absolute atomic E-state index is 5.86. The zero-order valence-electron chi connectivity index (χ0n) is 12.8. The Hall–Kier alpha value is -2.33. The van der Waals surface area contributed by atoms with Crippen molar-refractivity contribution in [2.75, 3.05) is 0 Å². The van der Waals surface area contributed by atoms with Crippen LogP contribution >= 0.6 is 0 Å². The lowest BCUT2D eigenvalue weighted by molar-refractivity contribution is 0.306. The highest BCUT2D eigenvalue weighted by Crippen LogP contribution is 2.20. The van der Waals surface area contributed by atoms with Crippen molar-refractivity contribution < 1.29 is 4.74 Å². The van der Waals surface area contributed by atoms with Crippen LogP contribution in [-0.4, -0.2) is 9.97 Å². The average molecular weight is 295 g/mol. The third-order valence-electron chi connectivity index (χ3n) is 3.65. The van der Waals surface area contributed by atoms with Crippen molar-refractivity contribution in [3.63, 3.8) is 0 Å². The Morgan fingerprint density at radius 2 is 1.86 bits per heavy atom. The first kappa shape index (κ1) is 14.6. The topological polar surface area (TPSA) is 63.9 Å². The molecule has 0 saturated carbocycles. The first-order valence-electron chi connectivity index (χ1n) is 7.68. The second-order valence-electron chi connectivity index (χ2n) is 5.42. The molecule has 0 atom stereocenters. The van der Waals surface area contributed by atoms with Crippen LogP contribution in [0.1, 0.15) is 30.3 Å². The largest absolute Gasteiger partial charge is 0.489 e. The number of benzene rings is 2. The van der Waals surface area contributed by atoms with Crippen LogP contribution in [0, 0.1) is 0 Å². The summed E-state index contributed by atoms with van der Waals surface area (Å²) in [4.78, 5) is 7.90. The molecule has 114 valence electrons. The van der Waals surface area contributed by atoms with Crippen LogP contribution in [0.4, 0.5) is 0 Å². The van der Waals surface area contributed by atoms with Crippen molar-refractivity contribution in [2.24, 2.45) is 5.73 Å². The van der Waals surface area contributed by atoms with E-state index in [1.165, 1.54) is 0 Å². The molecule has 0 aliphatic rings. The van der Waals surface area contributed by atoms with E-state index < -0.39 is 0 Å². The van der Waals surface area contributed by atoms with Crippen LogP contribution < -0.4 is 10.5 Å². The van der Waals surface area contributed by atoms with Crippen LogP contribution in [0.5, 0.6) is 5.75 Å². The molecule has 4 nitrogen and oxygen atoms in total. The molecule has 3 aromatic rings. The standard InChI is InChI=1S/C18H21N3O/c1-2-3-18-20-16-9-8-15(10-17(16)21-18)22-12-14-6-4-13(11-19)5-7-14/h4-10H,2-3,11-12,19H2,1H3,(H,20,21). The Labute approximate surface area is 130 Å². The third-order valence-corrected chi connectivity index (χ3v) is 3.65. The number of hydrogen-bond donors (Lipinski definition) is 2. The van der Waals surface area contributed by atoms with E-state index in [0.717, 1.165) is 46.6 Å². The Kier molecular flexibility index (Phi) is 4.39.